The molecule has 1 aromatic heterocycles. The molecule has 0 saturated heterocycles. The van der Waals surface area contributed by atoms with Crippen molar-refractivity contribution in [2.75, 3.05) is 12.0 Å². The highest BCUT2D eigenvalue weighted by molar-refractivity contribution is 7.71. The van der Waals surface area contributed by atoms with Crippen molar-refractivity contribution < 1.29 is 13.9 Å². The summed E-state index contributed by atoms with van der Waals surface area (Å²) in [7, 11) is 0. The minimum Gasteiger partial charge on any atom is -0.490 e. The summed E-state index contributed by atoms with van der Waals surface area (Å²) in [5.41, 5.74) is 4.36. The van der Waals surface area contributed by atoms with Crippen molar-refractivity contribution in [2.24, 2.45) is 0 Å². The van der Waals surface area contributed by atoms with Crippen molar-refractivity contribution in [3.05, 3.63) is 67.9 Å². The van der Waals surface area contributed by atoms with E-state index in [0.717, 1.165) is 24.2 Å². The predicted octanol–water partition coefficient (Wildman–Crippen LogP) is 6.06. The van der Waals surface area contributed by atoms with Crippen LogP contribution >= 0.6 is 35.4 Å². The topological polar surface area (TPSA) is 64.1 Å². The number of nitrogens with one attached hydrogen (secondary N) is 2. The Labute approximate surface area is 195 Å². The molecule has 166 valence electrons. The molecule has 0 radical (unpaired) electrons. The number of rotatable bonds is 10. The molecule has 2 N–H and O–H groups in total. The second kappa shape index (κ2) is 10.8. The molecule has 3 aromatic rings. The summed E-state index contributed by atoms with van der Waals surface area (Å²) >= 11 is 17.9. The molecule has 1 heterocycles. The minimum absolute atomic E-state index is 0.0759. The largest absolute Gasteiger partial charge is 0.490 e. The number of hydrogen-bond acceptors (Lipinski definition) is 5. The molecule has 3 rings (SSSR count). The molecule has 0 aliphatic rings. The standard InChI is InChI=1S/C21H23Cl2FN4O2S/c1-3-6-19-26-27-21(31)28(19)25-11-13-9-16(23)20(18(10-13)29-4-2)30-12-14-15(22)7-5-8-17(14)24/h5,7-10,25H,3-4,6,11-12H2,1-2H3,(H,27,31). The van der Waals surface area contributed by atoms with E-state index in [4.69, 9.17) is 44.9 Å². The van der Waals surface area contributed by atoms with Crippen molar-refractivity contribution in [2.45, 2.75) is 39.8 Å². The Morgan fingerprint density at radius 1 is 1.19 bits per heavy atom. The zero-order valence-electron chi connectivity index (χ0n) is 17.2. The molecule has 6 nitrogen and oxygen atoms in total. The first-order valence-electron chi connectivity index (χ1n) is 9.85. The van der Waals surface area contributed by atoms with Gasteiger partial charge in [0, 0.05) is 12.0 Å². The Balaban J connectivity index is 1.80. The van der Waals surface area contributed by atoms with Gasteiger partial charge in [-0.2, -0.15) is 5.10 Å². The number of nitrogens with zero attached hydrogens (tertiary/aromatic N) is 2. The van der Waals surface area contributed by atoms with Crippen LogP contribution < -0.4 is 14.9 Å². The first-order chi connectivity index (χ1) is 14.9. The number of hydrogen-bond donors (Lipinski definition) is 2. The number of halogens is 3. The van der Waals surface area contributed by atoms with Crippen molar-refractivity contribution >= 4 is 35.4 Å². The molecule has 0 aliphatic heterocycles. The Bertz CT molecular complexity index is 1080. The van der Waals surface area contributed by atoms with Crippen LogP contribution in [-0.4, -0.2) is 21.5 Å². The fourth-order valence-corrected chi connectivity index (χ4v) is 3.72. The number of H-pyrrole nitrogens is 1. The first-order valence-corrected chi connectivity index (χ1v) is 11.0. The van der Waals surface area contributed by atoms with Gasteiger partial charge in [0.15, 0.2) is 17.3 Å². The van der Waals surface area contributed by atoms with Gasteiger partial charge in [0.2, 0.25) is 4.77 Å². The molecule has 2 aromatic carbocycles. The zero-order chi connectivity index (χ0) is 22.4. The van der Waals surface area contributed by atoms with Gasteiger partial charge in [-0.1, -0.05) is 36.2 Å². The van der Waals surface area contributed by atoms with Crippen LogP contribution in [-0.2, 0) is 19.6 Å². The smallest absolute Gasteiger partial charge is 0.214 e. The number of aromatic nitrogens is 3. The molecule has 0 unspecified atom stereocenters. The minimum atomic E-state index is -0.442. The van der Waals surface area contributed by atoms with Gasteiger partial charge >= 0.3 is 0 Å². The van der Waals surface area contributed by atoms with E-state index in [1.807, 2.05) is 13.0 Å². The lowest BCUT2D eigenvalue weighted by atomic mass is 10.2. The quantitative estimate of drug-likeness (QED) is 0.342. The van der Waals surface area contributed by atoms with Gasteiger partial charge in [-0.3, -0.25) is 5.10 Å². The molecule has 0 aliphatic carbocycles. The fraction of sp³-hybridized carbons (Fsp3) is 0.333. The molecular formula is C21H23Cl2FN4O2S. The summed E-state index contributed by atoms with van der Waals surface area (Å²) in [6, 6.07) is 8.07. The molecule has 0 atom stereocenters. The summed E-state index contributed by atoms with van der Waals surface area (Å²) in [4.78, 5) is 0. The van der Waals surface area contributed by atoms with Crippen LogP contribution in [0.2, 0.25) is 10.0 Å². The average Bonchev–Trinajstić information content (AvgIpc) is 3.07. The number of aromatic amines is 1. The Morgan fingerprint density at radius 3 is 2.71 bits per heavy atom. The van der Waals surface area contributed by atoms with E-state index in [1.54, 1.807) is 22.9 Å². The van der Waals surface area contributed by atoms with Crippen LogP contribution in [0.4, 0.5) is 4.39 Å². The molecule has 0 amide bonds. The predicted molar refractivity (Wildman–Crippen MR) is 123 cm³/mol. The Hall–Kier alpha value is -2.29. The number of ether oxygens (including phenoxy) is 2. The zero-order valence-corrected chi connectivity index (χ0v) is 19.5. The maximum absolute atomic E-state index is 14.1. The second-order valence-corrected chi connectivity index (χ2v) is 7.89. The molecule has 0 bridgehead atoms. The number of benzene rings is 2. The van der Waals surface area contributed by atoms with Crippen LogP contribution in [0, 0.1) is 10.6 Å². The number of aryl methyl sites for hydroxylation is 1. The van der Waals surface area contributed by atoms with Crippen LogP contribution in [0.1, 0.15) is 37.2 Å². The highest BCUT2D eigenvalue weighted by atomic mass is 35.5. The highest BCUT2D eigenvalue weighted by Gasteiger charge is 2.16. The van der Waals surface area contributed by atoms with Crippen molar-refractivity contribution in [1.29, 1.82) is 0 Å². The lowest BCUT2D eigenvalue weighted by Gasteiger charge is -2.17. The molecular weight excluding hydrogens is 462 g/mol. The third-order valence-corrected chi connectivity index (χ3v) is 5.36. The van der Waals surface area contributed by atoms with E-state index in [-0.39, 0.29) is 17.2 Å². The average molecular weight is 485 g/mol. The van der Waals surface area contributed by atoms with Crippen molar-refractivity contribution in [1.82, 2.24) is 14.9 Å². The third kappa shape index (κ3) is 5.70. The molecule has 0 saturated carbocycles. The van der Waals surface area contributed by atoms with Gasteiger partial charge in [-0.05, 0) is 55.4 Å². The van der Waals surface area contributed by atoms with Crippen LogP contribution in [0.5, 0.6) is 11.5 Å². The van der Waals surface area contributed by atoms with Gasteiger partial charge in [0.1, 0.15) is 12.4 Å². The normalized spacial score (nSPS) is 10.9. The Morgan fingerprint density at radius 2 is 2.00 bits per heavy atom. The van der Waals surface area contributed by atoms with Gasteiger partial charge in [-0.15, -0.1) is 0 Å². The summed E-state index contributed by atoms with van der Waals surface area (Å²) in [6.45, 7) is 4.70. The summed E-state index contributed by atoms with van der Waals surface area (Å²) in [5.74, 6) is 1.18. The van der Waals surface area contributed by atoms with Crippen LogP contribution in [0.3, 0.4) is 0 Å². The van der Waals surface area contributed by atoms with E-state index < -0.39 is 5.82 Å². The molecule has 0 fully saturated rings. The SMILES string of the molecule is CCCc1n[nH]c(=S)n1NCc1cc(Cl)c(OCc2c(F)cccc2Cl)c(OCC)c1. The van der Waals surface area contributed by atoms with Crippen molar-refractivity contribution in [3.63, 3.8) is 0 Å². The molecule has 0 spiro atoms. The third-order valence-electron chi connectivity index (χ3n) is 4.45. The van der Waals surface area contributed by atoms with Gasteiger partial charge in [-0.25, -0.2) is 9.07 Å². The van der Waals surface area contributed by atoms with Gasteiger partial charge in [0.05, 0.1) is 23.2 Å². The Kier molecular flexibility index (Phi) is 8.17. The van der Waals surface area contributed by atoms with Crippen molar-refractivity contribution in [3.8, 4) is 11.5 Å². The van der Waals surface area contributed by atoms with E-state index in [1.165, 1.54) is 6.07 Å². The second-order valence-electron chi connectivity index (χ2n) is 6.69. The van der Waals surface area contributed by atoms with Gasteiger partial charge < -0.3 is 14.9 Å². The first kappa shape index (κ1) is 23.4. The summed E-state index contributed by atoms with van der Waals surface area (Å²) in [5, 5.41) is 7.66. The van der Waals surface area contributed by atoms with Gasteiger partial charge in [0.25, 0.3) is 0 Å². The van der Waals surface area contributed by atoms with Crippen LogP contribution in [0.15, 0.2) is 30.3 Å². The highest BCUT2D eigenvalue weighted by Crippen LogP contribution is 2.38. The van der Waals surface area contributed by atoms with E-state index >= 15 is 0 Å². The maximum Gasteiger partial charge on any atom is 0.214 e. The lowest BCUT2D eigenvalue weighted by molar-refractivity contribution is 0.266. The molecule has 31 heavy (non-hydrogen) atoms. The van der Waals surface area contributed by atoms with Crippen LogP contribution in [0.25, 0.3) is 0 Å². The van der Waals surface area contributed by atoms with E-state index in [9.17, 15) is 4.39 Å². The van der Waals surface area contributed by atoms with E-state index in [2.05, 4.69) is 22.5 Å². The lowest BCUT2D eigenvalue weighted by Crippen LogP contribution is -2.17. The summed E-state index contributed by atoms with van der Waals surface area (Å²) < 4.78 is 27.8. The molecule has 10 heteroatoms. The van der Waals surface area contributed by atoms with E-state index in [0.29, 0.717) is 34.4 Å². The summed E-state index contributed by atoms with van der Waals surface area (Å²) in [6.07, 6.45) is 1.73. The monoisotopic (exact) mass is 484 g/mol. The fourth-order valence-electron chi connectivity index (χ4n) is 3.00. The maximum atomic E-state index is 14.1.